The Morgan fingerprint density at radius 1 is 1.25 bits per heavy atom. The molecule has 0 saturated heterocycles. The number of fused-ring (bicyclic) bond motifs is 1. The number of aryl methyl sites for hydroxylation is 1. The van der Waals surface area contributed by atoms with Crippen molar-refractivity contribution in [2.75, 3.05) is 5.73 Å². The van der Waals surface area contributed by atoms with Crippen LogP contribution in [-0.2, 0) is 6.54 Å². The second-order valence-electron chi connectivity index (χ2n) is 5.95. The molecule has 4 nitrogen and oxygen atoms in total. The summed E-state index contributed by atoms with van der Waals surface area (Å²) in [6, 6.07) is 6.01. The maximum absolute atomic E-state index is 6.07. The molecule has 0 unspecified atom stereocenters. The molecule has 0 atom stereocenters. The average Bonchev–Trinajstić information content (AvgIpc) is 2.66. The summed E-state index contributed by atoms with van der Waals surface area (Å²) < 4.78 is 7.90. The van der Waals surface area contributed by atoms with E-state index >= 15 is 0 Å². The van der Waals surface area contributed by atoms with Gasteiger partial charge in [0, 0.05) is 6.54 Å². The normalized spacial score (nSPS) is 11.7. The number of rotatable bonds is 6. The third-order valence-electron chi connectivity index (χ3n) is 3.30. The van der Waals surface area contributed by atoms with Crippen molar-refractivity contribution in [2.45, 2.75) is 53.2 Å². The SMILES string of the molecule is CC(C)CCCn1c(N)nc2c(OC(C)C)cccc21. The summed E-state index contributed by atoms with van der Waals surface area (Å²) in [7, 11) is 0. The summed E-state index contributed by atoms with van der Waals surface area (Å²) >= 11 is 0. The van der Waals surface area contributed by atoms with Gasteiger partial charge in [0.15, 0.2) is 0 Å². The summed E-state index contributed by atoms with van der Waals surface area (Å²) in [6.07, 6.45) is 2.44. The van der Waals surface area contributed by atoms with Crippen molar-refractivity contribution < 1.29 is 4.74 Å². The van der Waals surface area contributed by atoms with Crippen molar-refractivity contribution in [1.82, 2.24) is 9.55 Å². The van der Waals surface area contributed by atoms with E-state index in [1.165, 1.54) is 6.42 Å². The van der Waals surface area contributed by atoms with Gasteiger partial charge in [-0.25, -0.2) is 4.98 Å². The van der Waals surface area contributed by atoms with Gasteiger partial charge in [-0.2, -0.15) is 0 Å². The molecule has 1 aromatic heterocycles. The number of ether oxygens (including phenoxy) is 1. The zero-order chi connectivity index (χ0) is 14.7. The van der Waals surface area contributed by atoms with Gasteiger partial charge in [0.2, 0.25) is 5.95 Å². The minimum absolute atomic E-state index is 0.132. The first kappa shape index (κ1) is 14.7. The van der Waals surface area contributed by atoms with Crippen LogP contribution in [0.25, 0.3) is 11.0 Å². The quantitative estimate of drug-likeness (QED) is 0.871. The van der Waals surface area contributed by atoms with Crippen LogP contribution in [0.5, 0.6) is 5.75 Å². The van der Waals surface area contributed by atoms with Crippen molar-refractivity contribution in [3.05, 3.63) is 18.2 Å². The minimum atomic E-state index is 0.132. The Balaban J connectivity index is 2.29. The molecular formula is C16H25N3O. The molecule has 0 aliphatic carbocycles. The number of nitrogen functional groups attached to an aromatic ring is 1. The highest BCUT2D eigenvalue weighted by Crippen LogP contribution is 2.28. The van der Waals surface area contributed by atoms with Crippen LogP contribution in [0.15, 0.2) is 18.2 Å². The maximum atomic E-state index is 6.07. The van der Waals surface area contributed by atoms with E-state index in [4.69, 9.17) is 10.5 Å². The van der Waals surface area contributed by atoms with E-state index in [-0.39, 0.29) is 6.10 Å². The number of hydrogen-bond donors (Lipinski definition) is 1. The fraction of sp³-hybridized carbons (Fsp3) is 0.562. The summed E-state index contributed by atoms with van der Waals surface area (Å²) in [5.74, 6) is 2.10. The van der Waals surface area contributed by atoms with Crippen LogP contribution in [0.1, 0.15) is 40.5 Å². The second kappa shape index (κ2) is 6.16. The summed E-state index contributed by atoms with van der Waals surface area (Å²) in [6.45, 7) is 9.42. The molecule has 0 bridgehead atoms. The Kier molecular flexibility index (Phi) is 4.53. The topological polar surface area (TPSA) is 53.1 Å². The molecule has 20 heavy (non-hydrogen) atoms. The van der Waals surface area contributed by atoms with E-state index < -0.39 is 0 Å². The number of benzene rings is 1. The van der Waals surface area contributed by atoms with Gasteiger partial charge >= 0.3 is 0 Å². The van der Waals surface area contributed by atoms with Crippen LogP contribution in [0.2, 0.25) is 0 Å². The van der Waals surface area contributed by atoms with Crippen molar-refractivity contribution in [2.24, 2.45) is 5.92 Å². The van der Waals surface area contributed by atoms with E-state index in [0.29, 0.717) is 11.9 Å². The zero-order valence-electron chi connectivity index (χ0n) is 12.9. The van der Waals surface area contributed by atoms with E-state index in [1.807, 2.05) is 26.0 Å². The zero-order valence-corrected chi connectivity index (χ0v) is 12.9. The lowest BCUT2D eigenvalue weighted by Gasteiger charge is -2.11. The molecule has 0 fully saturated rings. The van der Waals surface area contributed by atoms with Crippen LogP contribution >= 0.6 is 0 Å². The monoisotopic (exact) mass is 275 g/mol. The predicted octanol–water partition coefficient (Wildman–Crippen LogP) is 3.84. The maximum Gasteiger partial charge on any atom is 0.201 e. The van der Waals surface area contributed by atoms with Crippen LogP contribution in [-0.4, -0.2) is 15.7 Å². The summed E-state index contributed by atoms with van der Waals surface area (Å²) in [5, 5.41) is 0. The number of para-hydroxylation sites is 1. The fourth-order valence-electron chi connectivity index (χ4n) is 2.38. The van der Waals surface area contributed by atoms with Gasteiger partial charge < -0.3 is 15.0 Å². The molecule has 0 aliphatic heterocycles. The number of hydrogen-bond acceptors (Lipinski definition) is 3. The lowest BCUT2D eigenvalue weighted by atomic mass is 10.1. The van der Waals surface area contributed by atoms with Gasteiger partial charge in [-0.05, 0) is 44.7 Å². The van der Waals surface area contributed by atoms with E-state index in [2.05, 4.69) is 29.5 Å². The van der Waals surface area contributed by atoms with Crippen LogP contribution in [0, 0.1) is 5.92 Å². The number of aromatic nitrogens is 2. The molecule has 2 N–H and O–H groups in total. The molecule has 2 aromatic rings. The van der Waals surface area contributed by atoms with Gasteiger partial charge in [-0.1, -0.05) is 19.9 Å². The number of nitrogens with two attached hydrogens (primary N) is 1. The van der Waals surface area contributed by atoms with E-state index in [1.54, 1.807) is 0 Å². The molecular weight excluding hydrogens is 250 g/mol. The molecule has 4 heteroatoms. The number of nitrogens with zero attached hydrogens (tertiary/aromatic N) is 2. The average molecular weight is 275 g/mol. The van der Waals surface area contributed by atoms with Crippen molar-refractivity contribution in [1.29, 1.82) is 0 Å². The third kappa shape index (κ3) is 3.24. The van der Waals surface area contributed by atoms with Crippen LogP contribution in [0.3, 0.4) is 0 Å². The Morgan fingerprint density at radius 3 is 2.65 bits per heavy atom. The molecule has 110 valence electrons. The van der Waals surface area contributed by atoms with Crippen molar-refractivity contribution in [3.8, 4) is 5.75 Å². The smallest absolute Gasteiger partial charge is 0.201 e. The Bertz CT molecular complexity index is 572. The first-order chi connectivity index (χ1) is 9.49. The Hall–Kier alpha value is -1.71. The van der Waals surface area contributed by atoms with Crippen LogP contribution < -0.4 is 10.5 Å². The molecule has 0 amide bonds. The van der Waals surface area contributed by atoms with Gasteiger partial charge in [0.25, 0.3) is 0 Å². The highest BCUT2D eigenvalue weighted by molar-refractivity contribution is 5.84. The first-order valence-corrected chi connectivity index (χ1v) is 7.40. The highest BCUT2D eigenvalue weighted by atomic mass is 16.5. The lowest BCUT2D eigenvalue weighted by Crippen LogP contribution is -2.06. The Morgan fingerprint density at radius 2 is 2.00 bits per heavy atom. The molecule has 0 aliphatic rings. The van der Waals surface area contributed by atoms with Gasteiger partial charge in [0.1, 0.15) is 11.3 Å². The largest absolute Gasteiger partial charge is 0.489 e. The van der Waals surface area contributed by atoms with Crippen molar-refractivity contribution in [3.63, 3.8) is 0 Å². The fourth-order valence-corrected chi connectivity index (χ4v) is 2.38. The second-order valence-corrected chi connectivity index (χ2v) is 5.95. The lowest BCUT2D eigenvalue weighted by molar-refractivity contribution is 0.245. The molecule has 2 rings (SSSR count). The molecule has 1 heterocycles. The minimum Gasteiger partial charge on any atom is -0.489 e. The van der Waals surface area contributed by atoms with Gasteiger partial charge in [-0.3, -0.25) is 0 Å². The molecule has 0 radical (unpaired) electrons. The molecule has 1 aromatic carbocycles. The van der Waals surface area contributed by atoms with Gasteiger partial charge in [-0.15, -0.1) is 0 Å². The van der Waals surface area contributed by atoms with E-state index in [0.717, 1.165) is 29.7 Å². The summed E-state index contributed by atoms with van der Waals surface area (Å²) in [5.41, 5.74) is 7.99. The third-order valence-corrected chi connectivity index (χ3v) is 3.30. The number of anilines is 1. The van der Waals surface area contributed by atoms with Crippen molar-refractivity contribution >= 4 is 17.0 Å². The molecule has 0 saturated carbocycles. The summed E-state index contributed by atoms with van der Waals surface area (Å²) in [4.78, 5) is 4.48. The number of imidazole rings is 1. The van der Waals surface area contributed by atoms with Gasteiger partial charge in [0.05, 0.1) is 11.6 Å². The standard InChI is InChI=1S/C16H25N3O/c1-11(2)7-6-10-19-13-8-5-9-14(20-12(3)4)15(13)18-16(19)17/h5,8-9,11-12H,6-7,10H2,1-4H3,(H2,17,18). The highest BCUT2D eigenvalue weighted by Gasteiger charge is 2.13. The predicted molar refractivity (Wildman–Crippen MR) is 84.0 cm³/mol. The first-order valence-electron chi connectivity index (χ1n) is 7.40. The van der Waals surface area contributed by atoms with Crippen LogP contribution in [0.4, 0.5) is 5.95 Å². The van der Waals surface area contributed by atoms with E-state index in [9.17, 15) is 0 Å². The Labute approximate surface area is 120 Å². The molecule has 0 spiro atoms.